The third-order valence-corrected chi connectivity index (χ3v) is 3.74. The number of hydrogen-bond acceptors (Lipinski definition) is 3. The first-order valence-electron chi connectivity index (χ1n) is 7.04. The van der Waals surface area contributed by atoms with Crippen LogP contribution in [-0.4, -0.2) is 30.6 Å². The molecule has 0 radical (unpaired) electrons. The minimum atomic E-state index is -0.129. The second-order valence-corrected chi connectivity index (χ2v) is 6.09. The van der Waals surface area contributed by atoms with Gasteiger partial charge in [-0.05, 0) is 38.1 Å². The van der Waals surface area contributed by atoms with Gasteiger partial charge in [-0.2, -0.15) is 0 Å². The Hall–Kier alpha value is -1.72. The monoisotopic (exact) mass is 362 g/mol. The summed E-state index contributed by atoms with van der Waals surface area (Å²) in [6.45, 7) is 4.23. The van der Waals surface area contributed by atoms with Crippen LogP contribution in [0, 0.1) is 6.92 Å². The first kappa shape index (κ1) is 16.6. The van der Waals surface area contributed by atoms with E-state index in [9.17, 15) is 4.79 Å². The van der Waals surface area contributed by atoms with Crippen molar-refractivity contribution in [3.8, 4) is 11.3 Å². The van der Waals surface area contributed by atoms with Crippen molar-refractivity contribution in [2.75, 3.05) is 13.7 Å². The second-order valence-electron chi connectivity index (χ2n) is 5.17. The maximum Gasteiger partial charge on any atom is 0.253 e. The van der Waals surface area contributed by atoms with Gasteiger partial charge in [0, 0.05) is 23.2 Å². The van der Waals surface area contributed by atoms with Crippen LogP contribution in [0.1, 0.15) is 23.0 Å². The average molecular weight is 363 g/mol. The van der Waals surface area contributed by atoms with E-state index >= 15 is 0 Å². The lowest BCUT2D eigenvalue weighted by molar-refractivity contribution is 0.0904. The Balaban J connectivity index is 2.21. The zero-order valence-electron chi connectivity index (χ0n) is 12.9. The number of carbonyl (C=O) groups is 1. The van der Waals surface area contributed by atoms with Crippen LogP contribution in [0.2, 0.25) is 0 Å². The van der Waals surface area contributed by atoms with Crippen LogP contribution in [0.4, 0.5) is 0 Å². The van der Waals surface area contributed by atoms with E-state index in [1.807, 2.05) is 50.2 Å². The van der Waals surface area contributed by atoms with Crippen molar-refractivity contribution in [2.45, 2.75) is 19.9 Å². The van der Waals surface area contributed by atoms with Crippen molar-refractivity contribution < 1.29 is 9.53 Å². The summed E-state index contributed by atoms with van der Waals surface area (Å²) in [4.78, 5) is 16.8. The number of pyridine rings is 1. The summed E-state index contributed by atoms with van der Waals surface area (Å²) in [5.74, 6) is -0.129. The summed E-state index contributed by atoms with van der Waals surface area (Å²) in [5.41, 5.74) is 3.15. The van der Waals surface area contributed by atoms with Gasteiger partial charge in [-0.1, -0.05) is 28.1 Å². The minimum Gasteiger partial charge on any atom is -0.383 e. The van der Waals surface area contributed by atoms with Gasteiger partial charge in [0.1, 0.15) is 0 Å². The number of hydrogen-bond donors (Lipinski definition) is 1. The van der Waals surface area contributed by atoms with Crippen molar-refractivity contribution >= 4 is 21.8 Å². The number of aromatic nitrogens is 1. The first-order valence-corrected chi connectivity index (χ1v) is 7.84. The van der Waals surface area contributed by atoms with E-state index in [2.05, 4.69) is 26.2 Å². The van der Waals surface area contributed by atoms with Crippen LogP contribution in [0.25, 0.3) is 11.3 Å². The van der Waals surface area contributed by atoms with E-state index in [4.69, 9.17) is 4.74 Å². The van der Waals surface area contributed by atoms with E-state index in [0.717, 1.165) is 15.7 Å². The quantitative estimate of drug-likeness (QED) is 0.884. The van der Waals surface area contributed by atoms with Gasteiger partial charge in [0.05, 0.1) is 23.6 Å². The second kappa shape index (κ2) is 7.51. The van der Waals surface area contributed by atoms with Crippen molar-refractivity contribution in [3.63, 3.8) is 0 Å². The lowest BCUT2D eigenvalue weighted by atomic mass is 10.1. The molecule has 116 valence electrons. The topological polar surface area (TPSA) is 51.2 Å². The fraction of sp³-hybridized carbons (Fsp3) is 0.294. The number of halogens is 1. The summed E-state index contributed by atoms with van der Waals surface area (Å²) in [6.07, 6.45) is 0. The van der Waals surface area contributed by atoms with Crippen molar-refractivity contribution in [1.29, 1.82) is 0 Å². The molecule has 1 aromatic carbocycles. The van der Waals surface area contributed by atoms with Crippen LogP contribution in [0.15, 0.2) is 40.9 Å². The Morgan fingerprint density at radius 2 is 2.14 bits per heavy atom. The van der Waals surface area contributed by atoms with Gasteiger partial charge >= 0.3 is 0 Å². The van der Waals surface area contributed by atoms with Gasteiger partial charge in [0.25, 0.3) is 5.91 Å². The van der Waals surface area contributed by atoms with Crippen LogP contribution < -0.4 is 5.32 Å². The van der Waals surface area contributed by atoms with E-state index in [1.165, 1.54) is 0 Å². The predicted octanol–water partition coefficient (Wildman–Crippen LogP) is 3.58. The zero-order valence-corrected chi connectivity index (χ0v) is 14.5. The molecule has 0 saturated heterocycles. The highest BCUT2D eigenvalue weighted by atomic mass is 79.9. The highest BCUT2D eigenvalue weighted by Gasteiger charge is 2.13. The fourth-order valence-electron chi connectivity index (χ4n) is 2.20. The number of nitrogens with zero attached hydrogens (tertiary/aromatic N) is 1. The average Bonchev–Trinajstić information content (AvgIpc) is 2.47. The predicted molar refractivity (Wildman–Crippen MR) is 90.9 cm³/mol. The molecule has 0 aliphatic heterocycles. The highest BCUT2D eigenvalue weighted by molar-refractivity contribution is 9.10. The molecule has 1 aromatic heterocycles. The molecule has 0 saturated carbocycles. The Kier molecular flexibility index (Phi) is 5.69. The van der Waals surface area contributed by atoms with E-state index in [-0.39, 0.29) is 11.9 Å². The number of benzene rings is 1. The summed E-state index contributed by atoms with van der Waals surface area (Å²) >= 11 is 3.45. The number of amides is 1. The number of carbonyl (C=O) groups excluding carboxylic acids is 1. The van der Waals surface area contributed by atoms with Crippen molar-refractivity contribution in [1.82, 2.24) is 10.3 Å². The molecule has 1 heterocycles. The number of rotatable bonds is 5. The number of methoxy groups -OCH3 is 1. The highest BCUT2D eigenvalue weighted by Crippen LogP contribution is 2.22. The lowest BCUT2D eigenvalue weighted by Crippen LogP contribution is -2.36. The Morgan fingerprint density at radius 1 is 1.36 bits per heavy atom. The molecular formula is C17H19BrN2O2. The van der Waals surface area contributed by atoms with Crippen LogP contribution >= 0.6 is 15.9 Å². The number of nitrogens with one attached hydrogen (secondary N) is 1. The molecule has 0 aliphatic carbocycles. The molecule has 1 atom stereocenters. The zero-order chi connectivity index (χ0) is 16.1. The van der Waals surface area contributed by atoms with Gasteiger partial charge in [-0.25, -0.2) is 0 Å². The molecule has 2 rings (SSSR count). The lowest BCUT2D eigenvalue weighted by Gasteiger charge is -2.14. The number of ether oxygens (including phenoxy) is 1. The fourth-order valence-corrected chi connectivity index (χ4v) is 2.60. The van der Waals surface area contributed by atoms with E-state index in [0.29, 0.717) is 17.9 Å². The van der Waals surface area contributed by atoms with Gasteiger partial charge in [0.2, 0.25) is 0 Å². The molecule has 0 spiro atoms. The van der Waals surface area contributed by atoms with Crippen LogP contribution in [0.5, 0.6) is 0 Å². The van der Waals surface area contributed by atoms with Crippen molar-refractivity contribution in [3.05, 3.63) is 52.1 Å². The van der Waals surface area contributed by atoms with Crippen LogP contribution in [0.3, 0.4) is 0 Å². The first-order chi connectivity index (χ1) is 10.5. The molecule has 1 amide bonds. The normalized spacial score (nSPS) is 12.0. The molecule has 2 aromatic rings. The van der Waals surface area contributed by atoms with Gasteiger partial charge in [0.15, 0.2) is 0 Å². The summed E-state index contributed by atoms with van der Waals surface area (Å²) < 4.78 is 6.02. The molecule has 4 nitrogen and oxygen atoms in total. The summed E-state index contributed by atoms with van der Waals surface area (Å²) in [7, 11) is 1.61. The number of aryl methyl sites for hydroxylation is 1. The Bertz CT molecular complexity index is 673. The Morgan fingerprint density at radius 3 is 2.77 bits per heavy atom. The molecule has 5 heteroatoms. The maximum atomic E-state index is 12.2. The summed E-state index contributed by atoms with van der Waals surface area (Å²) in [6, 6.07) is 11.6. The third kappa shape index (κ3) is 4.15. The minimum absolute atomic E-state index is 0.0401. The van der Waals surface area contributed by atoms with Gasteiger partial charge in [-0.15, -0.1) is 0 Å². The molecular weight excluding hydrogens is 344 g/mol. The van der Waals surface area contributed by atoms with Crippen molar-refractivity contribution in [2.24, 2.45) is 0 Å². The SMILES string of the molecule is COC[C@@H](C)NC(=O)c1ccc(-c2cccc(Br)c2)nc1C. The molecule has 0 bridgehead atoms. The standard InChI is InChI=1S/C17H19BrN2O2/c1-11(10-22-3)19-17(21)15-7-8-16(20-12(15)2)13-5-4-6-14(18)9-13/h4-9,11H,10H2,1-3H3,(H,19,21)/t11-/m1/s1. The largest absolute Gasteiger partial charge is 0.383 e. The van der Waals surface area contributed by atoms with Gasteiger partial charge in [-0.3, -0.25) is 9.78 Å². The van der Waals surface area contributed by atoms with Gasteiger partial charge < -0.3 is 10.1 Å². The summed E-state index contributed by atoms with van der Waals surface area (Å²) in [5, 5.41) is 2.89. The third-order valence-electron chi connectivity index (χ3n) is 3.24. The molecule has 0 fully saturated rings. The molecule has 22 heavy (non-hydrogen) atoms. The molecule has 0 aliphatic rings. The van der Waals surface area contributed by atoms with Crippen LogP contribution in [-0.2, 0) is 4.74 Å². The smallest absolute Gasteiger partial charge is 0.253 e. The maximum absolute atomic E-state index is 12.2. The molecule has 0 unspecified atom stereocenters. The molecule has 1 N–H and O–H groups in total. The van der Waals surface area contributed by atoms with E-state index in [1.54, 1.807) is 7.11 Å². The van der Waals surface area contributed by atoms with E-state index < -0.39 is 0 Å². The Labute approximate surface area is 139 Å².